The molecule has 20 heavy (non-hydrogen) atoms. The summed E-state index contributed by atoms with van der Waals surface area (Å²) < 4.78 is 13.5. The molecule has 2 heterocycles. The van der Waals surface area contributed by atoms with Crippen LogP contribution in [0.15, 0.2) is 54.9 Å². The molecule has 0 atom stereocenters. The van der Waals surface area contributed by atoms with Gasteiger partial charge in [0.1, 0.15) is 0 Å². The molecule has 0 saturated carbocycles. The number of halogens is 1. The van der Waals surface area contributed by atoms with Crippen molar-refractivity contribution in [3.8, 4) is 0 Å². The summed E-state index contributed by atoms with van der Waals surface area (Å²) in [6.45, 7) is 0. The number of hydrogen-bond donors (Lipinski definition) is 1. The molecule has 0 aliphatic heterocycles. The van der Waals surface area contributed by atoms with Crippen LogP contribution in [-0.2, 0) is 0 Å². The van der Waals surface area contributed by atoms with Crippen LogP contribution in [0.3, 0.4) is 0 Å². The minimum absolute atomic E-state index is 0.0895. The van der Waals surface area contributed by atoms with E-state index in [4.69, 9.17) is 0 Å². The van der Waals surface area contributed by atoms with Gasteiger partial charge in [0.2, 0.25) is 5.95 Å². The van der Waals surface area contributed by atoms with E-state index in [0.29, 0.717) is 5.69 Å². The number of nitrogens with one attached hydrogen (secondary N) is 1. The fourth-order valence-electron chi connectivity index (χ4n) is 1.96. The van der Waals surface area contributed by atoms with Crippen LogP contribution >= 0.6 is 0 Å². The molecule has 1 aromatic carbocycles. The van der Waals surface area contributed by atoms with Crippen molar-refractivity contribution in [1.82, 2.24) is 9.97 Å². The van der Waals surface area contributed by atoms with Crippen LogP contribution in [0, 0.1) is 5.95 Å². The van der Waals surface area contributed by atoms with Gasteiger partial charge < -0.3 is 5.32 Å². The lowest BCUT2D eigenvalue weighted by Crippen LogP contribution is -2.14. The first-order valence-corrected chi connectivity index (χ1v) is 6.01. The molecular weight excluding hydrogens is 257 g/mol. The highest BCUT2D eigenvalue weighted by atomic mass is 19.1. The highest BCUT2D eigenvalue weighted by Gasteiger charge is 2.13. The summed E-state index contributed by atoms with van der Waals surface area (Å²) >= 11 is 0. The van der Waals surface area contributed by atoms with Gasteiger partial charge in [-0.25, -0.2) is 4.98 Å². The Morgan fingerprint density at radius 2 is 1.80 bits per heavy atom. The molecule has 0 saturated heterocycles. The Balaban J connectivity index is 1.98. The molecule has 0 fully saturated rings. The van der Waals surface area contributed by atoms with Gasteiger partial charge in [0.15, 0.2) is 0 Å². The molecule has 0 aliphatic rings. The Bertz CT molecular complexity index is 783. The topological polar surface area (TPSA) is 54.9 Å². The maximum Gasteiger partial charge on any atom is 0.260 e. The van der Waals surface area contributed by atoms with E-state index >= 15 is 0 Å². The second-order valence-corrected chi connectivity index (χ2v) is 4.17. The van der Waals surface area contributed by atoms with Gasteiger partial charge in [-0.3, -0.25) is 9.78 Å². The average molecular weight is 267 g/mol. The van der Waals surface area contributed by atoms with E-state index in [1.165, 1.54) is 18.3 Å². The molecule has 0 spiro atoms. The molecule has 1 amide bonds. The van der Waals surface area contributed by atoms with Crippen molar-refractivity contribution in [3.05, 3.63) is 66.4 Å². The third kappa shape index (κ3) is 2.21. The predicted molar refractivity (Wildman–Crippen MR) is 73.9 cm³/mol. The summed E-state index contributed by atoms with van der Waals surface area (Å²) in [4.78, 5) is 19.7. The van der Waals surface area contributed by atoms with Crippen LogP contribution in [0.1, 0.15) is 10.4 Å². The SMILES string of the molecule is O=C(Nc1cccc2ncccc12)c1cccnc1F. The largest absolute Gasteiger partial charge is 0.321 e. The van der Waals surface area contributed by atoms with Crippen molar-refractivity contribution < 1.29 is 9.18 Å². The number of pyridine rings is 2. The maximum absolute atomic E-state index is 13.5. The number of fused-ring (bicyclic) bond motifs is 1. The lowest BCUT2D eigenvalue weighted by molar-refractivity contribution is 0.102. The molecule has 3 aromatic rings. The Morgan fingerprint density at radius 1 is 1.00 bits per heavy atom. The zero-order valence-corrected chi connectivity index (χ0v) is 10.4. The van der Waals surface area contributed by atoms with Gasteiger partial charge in [0, 0.05) is 17.8 Å². The number of hydrogen-bond acceptors (Lipinski definition) is 3. The second-order valence-electron chi connectivity index (χ2n) is 4.17. The normalized spacial score (nSPS) is 10.4. The summed E-state index contributed by atoms with van der Waals surface area (Å²) in [5.74, 6) is -1.32. The Morgan fingerprint density at radius 3 is 2.65 bits per heavy atom. The van der Waals surface area contributed by atoms with Crippen molar-refractivity contribution in [2.75, 3.05) is 5.32 Å². The van der Waals surface area contributed by atoms with Gasteiger partial charge in [-0.05, 0) is 36.4 Å². The second kappa shape index (κ2) is 5.05. The fraction of sp³-hybridized carbons (Fsp3) is 0. The monoisotopic (exact) mass is 267 g/mol. The molecule has 2 aromatic heterocycles. The number of rotatable bonds is 2. The standard InChI is InChI=1S/C15H10FN3O/c16-14-11(5-3-9-18-14)15(20)19-13-7-1-6-12-10(13)4-2-8-17-12/h1-9H,(H,19,20). The number of carbonyl (C=O) groups is 1. The molecule has 4 nitrogen and oxygen atoms in total. The minimum Gasteiger partial charge on any atom is -0.321 e. The fourth-order valence-corrected chi connectivity index (χ4v) is 1.96. The van der Waals surface area contributed by atoms with Crippen LogP contribution < -0.4 is 5.32 Å². The first kappa shape index (κ1) is 12.2. The third-order valence-corrected chi connectivity index (χ3v) is 2.90. The number of benzene rings is 1. The van der Waals surface area contributed by atoms with Crippen LogP contribution in [0.4, 0.5) is 10.1 Å². The summed E-state index contributed by atoms with van der Waals surface area (Å²) in [6.07, 6.45) is 2.97. The van der Waals surface area contributed by atoms with Crippen molar-refractivity contribution >= 4 is 22.5 Å². The molecular formula is C15H10FN3O. The van der Waals surface area contributed by atoms with E-state index in [1.54, 1.807) is 24.4 Å². The average Bonchev–Trinajstić information content (AvgIpc) is 2.48. The number of anilines is 1. The first-order valence-electron chi connectivity index (χ1n) is 6.01. The Labute approximate surface area is 114 Å². The molecule has 1 N–H and O–H groups in total. The van der Waals surface area contributed by atoms with E-state index in [1.807, 2.05) is 12.1 Å². The minimum atomic E-state index is -0.789. The quantitative estimate of drug-likeness (QED) is 0.726. The molecule has 0 radical (unpaired) electrons. The van der Waals surface area contributed by atoms with E-state index < -0.39 is 11.9 Å². The van der Waals surface area contributed by atoms with E-state index in [-0.39, 0.29) is 5.56 Å². The molecule has 98 valence electrons. The van der Waals surface area contributed by atoms with Crippen molar-refractivity contribution in [2.45, 2.75) is 0 Å². The zero-order valence-electron chi connectivity index (χ0n) is 10.4. The summed E-state index contributed by atoms with van der Waals surface area (Å²) in [5.41, 5.74) is 1.26. The predicted octanol–water partition coefficient (Wildman–Crippen LogP) is 3.02. The molecule has 0 bridgehead atoms. The Kier molecular flexibility index (Phi) is 3.09. The molecule has 0 aliphatic carbocycles. The highest BCUT2D eigenvalue weighted by Crippen LogP contribution is 2.22. The number of carbonyl (C=O) groups excluding carboxylic acids is 1. The lowest BCUT2D eigenvalue weighted by Gasteiger charge is -2.08. The molecule has 3 rings (SSSR count). The van der Waals surface area contributed by atoms with E-state index in [2.05, 4.69) is 15.3 Å². The van der Waals surface area contributed by atoms with Crippen LogP contribution in [0.25, 0.3) is 10.9 Å². The number of amides is 1. The van der Waals surface area contributed by atoms with Crippen LogP contribution in [0.5, 0.6) is 0 Å². The van der Waals surface area contributed by atoms with E-state index in [9.17, 15) is 9.18 Å². The van der Waals surface area contributed by atoms with Crippen molar-refractivity contribution in [3.63, 3.8) is 0 Å². The van der Waals surface area contributed by atoms with Gasteiger partial charge >= 0.3 is 0 Å². The Hall–Kier alpha value is -2.82. The summed E-state index contributed by atoms with van der Waals surface area (Å²) in [6, 6.07) is 11.9. The number of nitrogens with zero attached hydrogens (tertiary/aromatic N) is 2. The van der Waals surface area contributed by atoms with Crippen molar-refractivity contribution in [2.24, 2.45) is 0 Å². The van der Waals surface area contributed by atoms with Gasteiger partial charge in [0.05, 0.1) is 16.8 Å². The highest BCUT2D eigenvalue weighted by molar-refractivity contribution is 6.08. The van der Waals surface area contributed by atoms with Gasteiger partial charge in [-0.1, -0.05) is 6.07 Å². The van der Waals surface area contributed by atoms with Crippen LogP contribution in [-0.4, -0.2) is 15.9 Å². The first-order chi connectivity index (χ1) is 9.75. The number of aromatic nitrogens is 2. The van der Waals surface area contributed by atoms with E-state index in [0.717, 1.165) is 10.9 Å². The smallest absolute Gasteiger partial charge is 0.260 e. The molecule has 0 unspecified atom stereocenters. The zero-order chi connectivity index (χ0) is 13.9. The lowest BCUT2D eigenvalue weighted by atomic mass is 10.1. The van der Waals surface area contributed by atoms with Gasteiger partial charge in [0.25, 0.3) is 5.91 Å². The van der Waals surface area contributed by atoms with Gasteiger partial charge in [-0.15, -0.1) is 0 Å². The van der Waals surface area contributed by atoms with Crippen LogP contribution in [0.2, 0.25) is 0 Å². The maximum atomic E-state index is 13.5. The third-order valence-electron chi connectivity index (χ3n) is 2.90. The summed E-state index contributed by atoms with van der Waals surface area (Å²) in [5, 5.41) is 3.48. The molecule has 5 heteroatoms. The van der Waals surface area contributed by atoms with Gasteiger partial charge in [-0.2, -0.15) is 4.39 Å². The van der Waals surface area contributed by atoms with Crippen molar-refractivity contribution in [1.29, 1.82) is 0 Å². The summed E-state index contributed by atoms with van der Waals surface area (Å²) in [7, 11) is 0.